The van der Waals surface area contributed by atoms with Crippen LogP contribution in [0.4, 0.5) is 4.79 Å². The smallest absolute Gasteiger partial charge is 0.320 e. The molecule has 2 rings (SSSR count). The third kappa shape index (κ3) is 5.08. The average Bonchev–Trinajstić information content (AvgIpc) is 3.07. The maximum Gasteiger partial charge on any atom is 0.320 e. The fraction of sp³-hybridized carbons (Fsp3) is 0.733. The van der Waals surface area contributed by atoms with Crippen LogP contribution in [0.15, 0.2) is 0 Å². The number of aliphatic carboxylic acids is 2. The van der Waals surface area contributed by atoms with Crippen molar-refractivity contribution in [1.29, 1.82) is 0 Å². The molecule has 9 nitrogen and oxygen atoms in total. The number of fused-ring (bicyclic) bond motifs is 1. The molecule has 2 amide bonds. The minimum Gasteiger partial charge on any atom is -0.481 e. The van der Waals surface area contributed by atoms with Crippen LogP contribution in [0.3, 0.4) is 0 Å². The third-order valence-electron chi connectivity index (χ3n) is 4.63. The molecule has 2 saturated heterocycles. The number of carbonyl (C=O) groups is 4. The van der Waals surface area contributed by atoms with Crippen LogP contribution in [-0.4, -0.2) is 63.1 Å². The summed E-state index contributed by atoms with van der Waals surface area (Å²) < 4.78 is 0. The number of hydrogen-bond donors (Lipinski definition) is 5. The van der Waals surface area contributed by atoms with Gasteiger partial charge < -0.3 is 26.6 Å². The van der Waals surface area contributed by atoms with Gasteiger partial charge in [-0.3, -0.25) is 14.4 Å². The Bertz CT molecular complexity index is 557. The van der Waals surface area contributed by atoms with Gasteiger partial charge in [-0.15, -0.1) is 0 Å². The van der Waals surface area contributed by atoms with Crippen molar-refractivity contribution in [1.82, 2.24) is 10.6 Å². The number of Topliss-reactive ketones (excluding diaryl/α,β-unsaturated/α-hetero) is 1. The number of thioether (sulfide) groups is 1. The first kappa shape index (κ1) is 19.5. The standard InChI is InChI=1S/C15H23N3O6S/c16-8(14(22)23)4-5-10(19)7(13(20)21)2-1-3-11-12-9(6-25-11)17-15(24)18-12/h7-9,11-12H,1-6,16H2,(H,20,21)(H,22,23)(H2,17,18,24)/t7?,8-,9-,11-,12-/m0/s1. The van der Waals surface area contributed by atoms with Crippen molar-refractivity contribution in [2.24, 2.45) is 11.7 Å². The predicted octanol–water partition coefficient (Wildman–Crippen LogP) is -0.216. The summed E-state index contributed by atoms with van der Waals surface area (Å²) in [5.41, 5.74) is 5.34. The number of carboxylic acids is 2. The minimum atomic E-state index is -1.21. The summed E-state index contributed by atoms with van der Waals surface area (Å²) in [5, 5.41) is 23.9. The summed E-state index contributed by atoms with van der Waals surface area (Å²) in [6, 6.07) is -1.18. The Kier molecular flexibility index (Phi) is 6.65. The highest BCUT2D eigenvalue weighted by Crippen LogP contribution is 2.33. The molecular weight excluding hydrogens is 350 g/mol. The minimum absolute atomic E-state index is 0.0463. The lowest BCUT2D eigenvalue weighted by Gasteiger charge is -2.18. The summed E-state index contributed by atoms with van der Waals surface area (Å²) >= 11 is 1.73. The van der Waals surface area contributed by atoms with Gasteiger partial charge in [0.25, 0.3) is 0 Å². The molecule has 5 atom stereocenters. The summed E-state index contributed by atoms with van der Waals surface area (Å²) in [7, 11) is 0. The molecule has 2 heterocycles. The van der Waals surface area contributed by atoms with Crippen molar-refractivity contribution in [3.05, 3.63) is 0 Å². The van der Waals surface area contributed by atoms with Gasteiger partial charge in [0.1, 0.15) is 17.7 Å². The molecule has 0 aromatic heterocycles. The molecule has 140 valence electrons. The molecule has 0 saturated carbocycles. The van der Waals surface area contributed by atoms with E-state index in [0.717, 1.165) is 5.75 Å². The Balaban J connectivity index is 1.77. The largest absolute Gasteiger partial charge is 0.481 e. The molecule has 0 spiro atoms. The molecule has 25 heavy (non-hydrogen) atoms. The van der Waals surface area contributed by atoms with Gasteiger partial charge in [0.2, 0.25) is 0 Å². The fourth-order valence-corrected chi connectivity index (χ4v) is 4.73. The Morgan fingerprint density at radius 2 is 1.92 bits per heavy atom. The number of urea groups is 1. The zero-order valence-corrected chi connectivity index (χ0v) is 14.5. The maximum atomic E-state index is 12.1. The summed E-state index contributed by atoms with van der Waals surface area (Å²) in [4.78, 5) is 45.4. The quantitative estimate of drug-likeness (QED) is 0.260. The lowest BCUT2D eigenvalue weighted by molar-refractivity contribution is -0.146. The first-order chi connectivity index (χ1) is 11.8. The van der Waals surface area contributed by atoms with E-state index < -0.39 is 29.7 Å². The molecule has 1 unspecified atom stereocenters. The molecule has 2 fully saturated rings. The molecule has 0 aromatic carbocycles. The van der Waals surface area contributed by atoms with Crippen molar-refractivity contribution >= 4 is 35.5 Å². The lowest BCUT2D eigenvalue weighted by atomic mass is 9.92. The third-order valence-corrected chi connectivity index (χ3v) is 6.13. The van der Waals surface area contributed by atoms with Crippen molar-refractivity contribution < 1.29 is 29.4 Å². The molecule has 2 aliphatic heterocycles. The molecule has 0 bridgehead atoms. The fourth-order valence-electron chi connectivity index (χ4n) is 3.18. The second-order valence-corrected chi connectivity index (χ2v) is 7.67. The van der Waals surface area contributed by atoms with Crippen molar-refractivity contribution in [3.8, 4) is 0 Å². The maximum absolute atomic E-state index is 12.1. The van der Waals surface area contributed by atoms with E-state index in [4.69, 9.17) is 10.8 Å². The SMILES string of the molecule is N[C@@H](CCC(=O)C(CCC[C@@H]1SC[C@@H]2NC(=O)N[C@@H]21)C(=O)O)C(=O)O. The zero-order valence-electron chi connectivity index (χ0n) is 13.6. The van der Waals surface area contributed by atoms with Crippen LogP contribution in [-0.2, 0) is 14.4 Å². The Hall–Kier alpha value is -1.81. The second kappa shape index (κ2) is 8.52. The normalized spacial score (nSPS) is 27.1. The predicted molar refractivity (Wildman–Crippen MR) is 90.3 cm³/mol. The Labute approximate surface area is 149 Å². The number of nitrogens with two attached hydrogens (primary N) is 1. The second-order valence-electron chi connectivity index (χ2n) is 6.39. The number of nitrogens with one attached hydrogen (secondary N) is 2. The summed E-state index contributed by atoms with van der Waals surface area (Å²) in [6.45, 7) is 0. The van der Waals surface area contributed by atoms with Crippen LogP contribution in [0.25, 0.3) is 0 Å². The van der Waals surface area contributed by atoms with E-state index in [2.05, 4.69) is 10.6 Å². The van der Waals surface area contributed by atoms with Crippen LogP contribution in [0.2, 0.25) is 0 Å². The van der Waals surface area contributed by atoms with E-state index in [1.54, 1.807) is 11.8 Å². The van der Waals surface area contributed by atoms with E-state index in [-0.39, 0.29) is 42.6 Å². The van der Waals surface area contributed by atoms with Crippen LogP contribution in [0, 0.1) is 5.92 Å². The number of ketones is 1. The molecular formula is C15H23N3O6S. The van der Waals surface area contributed by atoms with E-state index in [1.807, 2.05) is 0 Å². The van der Waals surface area contributed by atoms with Crippen LogP contribution in [0.5, 0.6) is 0 Å². The molecule has 10 heteroatoms. The van der Waals surface area contributed by atoms with Gasteiger partial charge in [-0.2, -0.15) is 11.8 Å². The number of amides is 2. The van der Waals surface area contributed by atoms with Crippen LogP contribution >= 0.6 is 11.8 Å². The van der Waals surface area contributed by atoms with E-state index in [0.29, 0.717) is 12.8 Å². The first-order valence-electron chi connectivity index (χ1n) is 8.22. The zero-order chi connectivity index (χ0) is 18.6. The van der Waals surface area contributed by atoms with Gasteiger partial charge in [-0.25, -0.2) is 4.79 Å². The summed E-state index contributed by atoms with van der Waals surface area (Å²) in [6.07, 6.45) is 1.22. The van der Waals surface area contributed by atoms with Crippen molar-refractivity contribution in [2.45, 2.75) is 55.5 Å². The van der Waals surface area contributed by atoms with Gasteiger partial charge >= 0.3 is 18.0 Å². The number of hydrogen-bond acceptors (Lipinski definition) is 6. The average molecular weight is 373 g/mol. The van der Waals surface area contributed by atoms with Crippen molar-refractivity contribution in [3.63, 3.8) is 0 Å². The Morgan fingerprint density at radius 3 is 2.56 bits per heavy atom. The summed E-state index contributed by atoms with van der Waals surface area (Å²) in [5.74, 6) is -3.21. The highest BCUT2D eigenvalue weighted by Gasteiger charge is 2.42. The van der Waals surface area contributed by atoms with Crippen LogP contribution in [0.1, 0.15) is 32.1 Å². The lowest BCUT2D eigenvalue weighted by Crippen LogP contribution is -2.37. The van der Waals surface area contributed by atoms with E-state index in [1.165, 1.54) is 0 Å². The highest BCUT2D eigenvalue weighted by atomic mass is 32.2. The number of carboxylic acid groups (broad SMARTS) is 2. The van der Waals surface area contributed by atoms with Gasteiger partial charge in [-0.05, 0) is 19.3 Å². The molecule has 0 aromatic rings. The van der Waals surface area contributed by atoms with Crippen molar-refractivity contribution in [2.75, 3.05) is 5.75 Å². The topological polar surface area (TPSA) is 159 Å². The first-order valence-corrected chi connectivity index (χ1v) is 9.27. The van der Waals surface area contributed by atoms with Gasteiger partial charge in [0.05, 0.1) is 12.1 Å². The number of carbonyl (C=O) groups excluding carboxylic acids is 2. The van der Waals surface area contributed by atoms with E-state index >= 15 is 0 Å². The molecule has 2 aliphatic rings. The van der Waals surface area contributed by atoms with Gasteiger partial charge in [0.15, 0.2) is 0 Å². The van der Waals surface area contributed by atoms with E-state index in [9.17, 15) is 24.3 Å². The van der Waals surface area contributed by atoms with Crippen LogP contribution < -0.4 is 16.4 Å². The molecule has 0 aliphatic carbocycles. The molecule has 6 N–H and O–H groups in total. The monoisotopic (exact) mass is 373 g/mol. The highest BCUT2D eigenvalue weighted by molar-refractivity contribution is 8.00. The van der Waals surface area contributed by atoms with Gasteiger partial charge in [0, 0.05) is 17.4 Å². The Morgan fingerprint density at radius 1 is 1.20 bits per heavy atom. The molecule has 0 radical (unpaired) electrons. The number of rotatable bonds is 10. The van der Waals surface area contributed by atoms with Gasteiger partial charge in [-0.1, -0.05) is 6.42 Å².